The van der Waals surface area contributed by atoms with E-state index in [0.29, 0.717) is 55.1 Å². The zero-order valence-electron chi connectivity index (χ0n) is 29.4. The van der Waals surface area contributed by atoms with Gasteiger partial charge in [-0.3, -0.25) is 4.57 Å². The van der Waals surface area contributed by atoms with E-state index in [4.69, 9.17) is 9.16 Å². The summed E-state index contributed by atoms with van der Waals surface area (Å²) in [7, 11) is -5.83. The monoisotopic (exact) mass is 717 g/mol. The van der Waals surface area contributed by atoms with Crippen molar-refractivity contribution in [2.75, 3.05) is 6.61 Å². The summed E-state index contributed by atoms with van der Waals surface area (Å²) in [5.41, 5.74) is 1.53. The van der Waals surface area contributed by atoms with Crippen molar-refractivity contribution in [1.82, 2.24) is 23.8 Å². The number of nitrogens with zero attached hydrogens (tertiary/aromatic N) is 3. The number of carbonyl (C=O) groups excluding carboxylic acids is 1. The van der Waals surface area contributed by atoms with E-state index < -0.39 is 30.0 Å². The van der Waals surface area contributed by atoms with Crippen LogP contribution in [0.3, 0.4) is 0 Å². The second-order valence-corrected chi connectivity index (χ2v) is 21.5. The van der Waals surface area contributed by atoms with Gasteiger partial charge in [0.1, 0.15) is 6.61 Å². The van der Waals surface area contributed by atoms with Crippen molar-refractivity contribution in [2.24, 2.45) is 0 Å². The summed E-state index contributed by atoms with van der Waals surface area (Å²) in [5, 5.41) is 3.90. The Hall–Kier alpha value is -4.20. The molecule has 1 saturated carbocycles. The first kappa shape index (κ1) is 35.6. The molecule has 0 unspecified atom stereocenters. The molecule has 0 spiro atoms. The molecular formula is C37H47N5O6SSi. The number of benzene rings is 2. The van der Waals surface area contributed by atoms with Crippen LogP contribution in [0.1, 0.15) is 70.9 Å². The number of aromatic nitrogens is 4. The largest absolute Gasteiger partial charge is 0.445 e. The number of ether oxygens (including phenoxy) is 1. The molecule has 13 heteroatoms. The standard InChI is InChI=1S/C37H47N5O6SSi/c1-36(2,3)50(4,5)48-24-12-20-37(40-35(44)47-26-27-13-8-6-9-14-27)21-17-28(18-22-37)42-32-30-19-23-41(33(30)38-25-31(32)39-34(42)43)49(45,46)29-15-10-7-11-16-29/h6-11,13-16,19,23,25,28H,12,17-18,20-22,24,26H2,1-5H3,(H,39,43)(H,40,44). The molecule has 0 aliphatic heterocycles. The highest BCUT2D eigenvalue weighted by atomic mass is 32.2. The predicted octanol–water partition coefficient (Wildman–Crippen LogP) is 7.50. The summed E-state index contributed by atoms with van der Waals surface area (Å²) in [6, 6.07) is 19.3. The molecule has 266 valence electrons. The Kier molecular flexibility index (Phi) is 9.86. The van der Waals surface area contributed by atoms with Crippen LogP contribution in [0.15, 0.2) is 88.8 Å². The highest BCUT2D eigenvalue weighted by Gasteiger charge is 2.40. The van der Waals surface area contributed by atoms with Crippen molar-refractivity contribution in [2.45, 2.75) is 101 Å². The lowest BCUT2D eigenvalue weighted by atomic mass is 9.76. The molecule has 1 aliphatic carbocycles. The molecule has 3 heterocycles. The number of hydrogen-bond acceptors (Lipinski definition) is 7. The van der Waals surface area contributed by atoms with Gasteiger partial charge in [-0.25, -0.2) is 27.0 Å². The Morgan fingerprint density at radius 2 is 1.70 bits per heavy atom. The Morgan fingerprint density at radius 1 is 1.04 bits per heavy atom. The number of rotatable bonds is 11. The first-order valence-corrected chi connectivity index (χ1v) is 21.6. The third kappa shape index (κ3) is 7.17. The molecule has 6 rings (SSSR count). The third-order valence-electron chi connectivity index (χ3n) is 10.6. The fourth-order valence-corrected chi connectivity index (χ4v) is 9.12. The summed E-state index contributed by atoms with van der Waals surface area (Å²) >= 11 is 0. The number of alkyl carbamates (subject to hydrolysis) is 1. The van der Waals surface area contributed by atoms with Gasteiger partial charge >= 0.3 is 11.8 Å². The molecule has 11 nitrogen and oxygen atoms in total. The minimum absolute atomic E-state index is 0.0997. The minimum Gasteiger partial charge on any atom is -0.445 e. The summed E-state index contributed by atoms with van der Waals surface area (Å²) in [5.74, 6) is 0. The van der Waals surface area contributed by atoms with Gasteiger partial charge in [-0.1, -0.05) is 69.3 Å². The van der Waals surface area contributed by atoms with Crippen molar-refractivity contribution in [3.05, 3.63) is 95.2 Å². The summed E-state index contributed by atoms with van der Waals surface area (Å²) in [6.07, 6.45) is 6.56. The first-order chi connectivity index (χ1) is 23.7. The number of amides is 1. The second-order valence-electron chi connectivity index (χ2n) is 14.9. The molecule has 0 bridgehead atoms. The molecular weight excluding hydrogens is 671 g/mol. The number of nitrogens with one attached hydrogen (secondary N) is 2. The van der Waals surface area contributed by atoms with Crippen molar-refractivity contribution in [3.63, 3.8) is 0 Å². The number of imidazole rings is 1. The van der Waals surface area contributed by atoms with E-state index in [1.54, 1.807) is 41.0 Å². The highest BCUT2D eigenvalue weighted by Crippen LogP contribution is 2.40. The van der Waals surface area contributed by atoms with Crippen molar-refractivity contribution in [1.29, 1.82) is 0 Å². The number of hydrogen-bond donors (Lipinski definition) is 2. The van der Waals surface area contributed by atoms with Gasteiger partial charge in [0.25, 0.3) is 10.0 Å². The zero-order chi connectivity index (χ0) is 35.7. The Balaban J connectivity index is 1.24. The van der Waals surface area contributed by atoms with E-state index in [0.717, 1.165) is 12.0 Å². The van der Waals surface area contributed by atoms with Gasteiger partial charge in [0, 0.05) is 29.8 Å². The average molecular weight is 718 g/mol. The molecule has 1 fully saturated rings. The Bertz CT molecular complexity index is 2130. The minimum atomic E-state index is -3.90. The van der Waals surface area contributed by atoms with Gasteiger partial charge in [-0.05, 0) is 80.4 Å². The smallest absolute Gasteiger partial charge is 0.407 e. The summed E-state index contributed by atoms with van der Waals surface area (Å²) in [6.45, 7) is 11.9. The topological polar surface area (TPSA) is 137 Å². The highest BCUT2D eigenvalue weighted by molar-refractivity contribution is 7.90. The molecule has 0 atom stereocenters. The van der Waals surface area contributed by atoms with Crippen LogP contribution in [-0.2, 0) is 25.8 Å². The van der Waals surface area contributed by atoms with E-state index in [2.05, 4.69) is 49.1 Å². The van der Waals surface area contributed by atoms with Crippen LogP contribution < -0.4 is 11.0 Å². The van der Waals surface area contributed by atoms with E-state index >= 15 is 0 Å². The molecule has 3 aromatic heterocycles. The fraction of sp³-hybridized carbons (Fsp3) is 0.432. The van der Waals surface area contributed by atoms with E-state index in [-0.39, 0.29) is 33.9 Å². The van der Waals surface area contributed by atoms with Crippen LogP contribution >= 0.6 is 0 Å². The van der Waals surface area contributed by atoms with Gasteiger partial charge in [0.05, 0.1) is 22.1 Å². The maximum absolute atomic E-state index is 13.5. The van der Waals surface area contributed by atoms with Crippen molar-refractivity contribution >= 4 is 46.5 Å². The SMILES string of the molecule is CC(C)(C)[Si](C)(C)OCCCC1(NC(=O)OCc2ccccc2)CCC(n2c(=O)[nH]c3cnc4c(ccn4S(=O)(=O)c4ccccc4)c32)CC1. The summed E-state index contributed by atoms with van der Waals surface area (Å²) < 4.78 is 42.1. The van der Waals surface area contributed by atoms with Crippen LogP contribution in [0.5, 0.6) is 0 Å². The predicted molar refractivity (Wildman–Crippen MR) is 197 cm³/mol. The van der Waals surface area contributed by atoms with Gasteiger partial charge in [-0.2, -0.15) is 0 Å². The number of H-pyrrole nitrogens is 1. The zero-order valence-corrected chi connectivity index (χ0v) is 31.3. The van der Waals surface area contributed by atoms with Crippen molar-refractivity contribution in [3.8, 4) is 0 Å². The Labute approximate surface area is 294 Å². The molecule has 1 aliphatic rings. The van der Waals surface area contributed by atoms with Crippen LogP contribution in [0.25, 0.3) is 22.1 Å². The van der Waals surface area contributed by atoms with E-state index in [1.807, 2.05) is 30.3 Å². The molecule has 50 heavy (non-hydrogen) atoms. The molecule has 0 saturated heterocycles. The Morgan fingerprint density at radius 3 is 2.36 bits per heavy atom. The lowest BCUT2D eigenvalue weighted by Crippen LogP contribution is -2.51. The molecule has 0 radical (unpaired) electrons. The van der Waals surface area contributed by atoms with Crippen LogP contribution in [0, 0.1) is 0 Å². The maximum Gasteiger partial charge on any atom is 0.407 e. The second kappa shape index (κ2) is 13.8. The van der Waals surface area contributed by atoms with E-state index in [1.165, 1.54) is 16.4 Å². The van der Waals surface area contributed by atoms with Crippen molar-refractivity contribution < 1.29 is 22.4 Å². The van der Waals surface area contributed by atoms with Gasteiger partial charge in [-0.15, -0.1) is 0 Å². The number of pyridine rings is 1. The van der Waals surface area contributed by atoms with Crippen LogP contribution in [-0.4, -0.2) is 53.5 Å². The number of carbonyl (C=O) groups is 1. The quantitative estimate of drug-likeness (QED) is 0.107. The lowest BCUT2D eigenvalue weighted by Gasteiger charge is -2.41. The molecule has 2 aromatic carbocycles. The molecule has 1 amide bonds. The number of aromatic amines is 1. The van der Waals surface area contributed by atoms with Crippen LogP contribution in [0.2, 0.25) is 18.1 Å². The van der Waals surface area contributed by atoms with Gasteiger partial charge in [0.15, 0.2) is 14.0 Å². The van der Waals surface area contributed by atoms with Crippen LogP contribution in [0.4, 0.5) is 4.79 Å². The van der Waals surface area contributed by atoms with E-state index in [9.17, 15) is 18.0 Å². The third-order valence-corrected chi connectivity index (χ3v) is 16.8. The fourth-order valence-electron chi connectivity index (χ4n) is 6.71. The van der Waals surface area contributed by atoms with Gasteiger partial charge in [0.2, 0.25) is 0 Å². The molecule has 2 N–H and O–H groups in total. The maximum atomic E-state index is 13.5. The number of fused-ring (bicyclic) bond motifs is 3. The summed E-state index contributed by atoms with van der Waals surface area (Å²) in [4.78, 5) is 34.3. The normalized spacial score (nSPS) is 18.8. The first-order valence-electron chi connectivity index (χ1n) is 17.2. The lowest BCUT2D eigenvalue weighted by molar-refractivity contribution is 0.105. The molecule has 5 aromatic rings. The van der Waals surface area contributed by atoms with Gasteiger partial charge < -0.3 is 19.5 Å². The average Bonchev–Trinajstić information content (AvgIpc) is 3.68.